The smallest absolute Gasteiger partial charge is 0.475 e. The highest BCUT2D eigenvalue weighted by Gasteiger charge is 2.38. The fourth-order valence-corrected chi connectivity index (χ4v) is 3.46. The number of ether oxygens (including phenoxy) is 1. The minimum atomic E-state index is -5.08. The normalized spacial score (nSPS) is 18.8. The molecule has 0 amide bonds. The summed E-state index contributed by atoms with van der Waals surface area (Å²) in [6.45, 7) is 4.06. The van der Waals surface area contributed by atoms with Crippen molar-refractivity contribution < 1.29 is 32.2 Å². The van der Waals surface area contributed by atoms with E-state index in [0.29, 0.717) is 6.61 Å². The Morgan fingerprint density at radius 3 is 2.45 bits per heavy atom. The van der Waals surface area contributed by atoms with Crippen LogP contribution in [0.3, 0.4) is 0 Å². The van der Waals surface area contributed by atoms with E-state index in [4.69, 9.17) is 14.6 Å². The van der Waals surface area contributed by atoms with Gasteiger partial charge >= 0.3 is 12.1 Å². The molecule has 1 atom stereocenters. The number of aromatic nitrogens is 3. The molecule has 0 radical (unpaired) electrons. The maximum absolute atomic E-state index is 13.1. The Morgan fingerprint density at radius 2 is 1.87 bits per heavy atom. The molecule has 0 bridgehead atoms. The van der Waals surface area contributed by atoms with Crippen LogP contribution in [-0.2, 0) is 29.7 Å². The van der Waals surface area contributed by atoms with Crippen LogP contribution in [0.25, 0.3) is 0 Å². The summed E-state index contributed by atoms with van der Waals surface area (Å²) in [7, 11) is 1.95. The molecule has 0 spiro atoms. The molecule has 7 nitrogen and oxygen atoms in total. The molecular formula is C20H24F4N4O3. The molecule has 1 aliphatic heterocycles. The van der Waals surface area contributed by atoms with Gasteiger partial charge in [-0.25, -0.2) is 9.18 Å². The summed E-state index contributed by atoms with van der Waals surface area (Å²) >= 11 is 0. The van der Waals surface area contributed by atoms with Gasteiger partial charge in [-0.15, -0.1) is 5.10 Å². The SMILES string of the molecule is Cn1nnc2c1C(COCC1CC1)CN(Cc1ccc(F)cc1)C2.O=C(O)C(F)(F)F. The Hall–Kier alpha value is -2.53. The van der Waals surface area contributed by atoms with Crippen LogP contribution in [0.2, 0.25) is 0 Å². The van der Waals surface area contributed by atoms with E-state index in [1.54, 1.807) is 0 Å². The second-order valence-electron chi connectivity index (χ2n) is 7.82. The average Bonchev–Trinajstić information content (AvgIpc) is 3.45. The van der Waals surface area contributed by atoms with E-state index in [9.17, 15) is 17.6 Å². The molecule has 1 unspecified atom stereocenters. The summed E-state index contributed by atoms with van der Waals surface area (Å²) in [4.78, 5) is 11.2. The second-order valence-corrected chi connectivity index (χ2v) is 7.82. The van der Waals surface area contributed by atoms with Crippen LogP contribution in [0.4, 0.5) is 17.6 Å². The quantitative estimate of drug-likeness (QED) is 0.690. The molecule has 1 saturated carbocycles. The molecule has 4 rings (SSSR count). The van der Waals surface area contributed by atoms with E-state index in [0.717, 1.165) is 43.4 Å². The van der Waals surface area contributed by atoms with Crippen molar-refractivity contribution in [2.45, 2.75) is 38.0 Å². The highest BCUT2D eigenvalue weighted by Crippen LogP contribution is 2.31. The van der Waals surface area contributed by atoms with Crippen LogP contribution in [0.15, 0.2) is 24.3 Å². The highest BCUT2D eigenvalue weighted by molar-refractivity contribution is 5.73. The zero-order valence-electron chi connectivity index (χ0n) is 17.0. The lowest BCUT2D eigenvalue weighted by atomic mass is 9.98. The molecule has 1 aromatic heterocycles. The van der Waals surface area contributed by atoms with E-state index in [-0.39, 0.29) is 11.7 Å². The van der Waals surface area contributed by atoms with Crippen LogP contribution in [-0.4, -0.2) is 56.9 Å². The first kappa shape index (κ1) is 23.1. The molecule has 31 heavy (non-hydrogen) atoms. The fourth-order valence-electron chi connectivity index (χ4n) is 3.46. The molecule has 1 aromatic carbocycles. The third-order valence-electron chi connectivity index (χ3n) is 5.11. The number of rotatable bonds is 6. The van der Waals surface area contributed by atoms with E-state index >= 15 is 0 Å². The van der Waals surface area contributed by atoms with Crippen molar-refractivity contribution in [3.05, 3.63) is 47.0 Å². The summed E-state index contributed by atoms with van der Waals surface area (Å²) in [5, 5.41) is 15.6. The number of carboxylic acids is 1. The number of nitrogens with zero attached hydrogens (tertiary/aromatic N) is 4. The first-order valence-corrected chi connectivity index (χ1v) is 9.86. The van der Waals surface area contributed by atoms with E-state index in [2.05, 4.69) is 15.2 Å². The van der Waals surface area contributed by atoms with Crippen molar-refractivity contribution >= 4 is 5.97 Å². The summed E-state index contributed by atoms with van der Waals surface area (Å²) < 4.78 is 52.7. The molecule has 2 aliphatic rings. The largest absolute Gasteiger partial charge is 0.490 e. The lowest BCUT2D eigenvalue weighted by molar-refractivity contribution is -0.192. The van der Waals surface area contributed by atoms with Gasteiger partial charge < -0.3 is 9.84 Å². The van der Waals surface area contributed by atoms with Crippen LogP contribution < -0.4 is 0 Å². The van der Waals surface area contributed by atoms with Gasteiger partial charge in [-0.1, -0.05) is 17.3 Å². The Kier molecular flexibility index (Phi) is 7.26. The summed E-state index contributed by atoms with van der Waals surface area (Å²) in [6, 6.07) is 6.73. The lowest BCUT2D eigenvalue weighted by Crippen LogP contribution is -2.36. The Balaban J connectivity index is 0.000000339. The molecular weight excluding hydrogens is 420 g/mol. The monoisotopic (exact) mass is 444 g/mol. The topological polar surface area (TPSA) is 80.5 Å². The Labute approximate surface area is 176 Å². The van der Waals surface area contributed by atoms with Crippen LogP contribution in [0, 0.1) is 11.7 Å². The number of hydrogen-bond acceptors (Lipinski definition) is 5. The molecule has 2 aromatic rings. The second kappa shape index (κ2) is 9.73. The number of carbonyl (C=O) groups is 1. The third-order valence-corrected chi connectivity index (χ3v) is 5.11. The zero-order chi connectivity index (χ0) is 22.6. The molecule has 2 heterocycles. The van der Waals surface area contributed by atoms with Crippen LogP contribution in [0.1, 0.15) is 35.7 Å². The van der Waals surface area contributed by atoms with Gasteiger partial charge in [0.1, 0.15) is 11.5 Å². The molecule has 1 aliphatic carbocycles. The van der Waals surface area contributed by atoms with Gasteiger partial charge in [0, 0.05) is 39.2 Å². The number of aryl methyl sites for hydroxylation is 1. The Morgan fingerprint density at radius 1 is 1.23 bits per heavy atom. The summed E-state index contributed by atoms with van der Waals surface area (Å²) in [6.07, 6.45) is -2.47. The van der Waals surface area contributed by atoms with Gasteiger partial charge in [-0.2, -0.15) is 13.2 Å². The molecule has 1 fully saturated rings. The molecule has 1 N–H and O–H groups in total. The van der Waals surface area contributed by atoms with Gasteiger partial charge in [-0.05, 0) is 36.5 Å². The van der Waals surface area contributed by atoms with E-state index < -0.39 is 12.1 Å². The Bertz CT molecular complexity index is 882. The van der Waals surface area contributed by atoms with Crippen LogP contribution in [0.5, 0.6) is 0 Å². The molecule has 11 heteroatoms. The first-order valence-electron chi connectivity index (χ1n) is 9.86. The number of aliphatic carboxylic acids is 1. The van der Waals surface area contributed by atoms with Gasteiger partial charge in [-0.3, -0.25) is 9.58 Å². The van der Waals surface area contributed by atoms with Gasteiger partial charge in [0.05, 0.1) is 12.3 Å². The average molecular weight is 444 g/mol. The number of carboxylic acid groups (broad SMARTS) is 1. The minimum absolute atomic E-state index is 0.194. The van der Waals surface area contributed by atoms with E-state index in [1.165, 1.54) is 30.7 Å². The van der Waals surface area contributed by atoms with Crippen molar-refractivity contribution in [1.29, 1.82) is 0 Å². The third kappa shape index (κ3) is 6.73. The van der Waals surface area contributed by atoms with Crippen molar-refractivity contribution in [1.82, 2.24) is 19.9 Å². The first-order chi connectivity index (χ1) is 14.6. The predicted octanol–water partition coefficient (Wildman–Crippen LogP) is 3.11. The van der Waals surface area contributed by atoms with Gasteiger partial charge in [0.25, 0.3) is 0 Å². The fraction of sp³-hybridized carbons (Fsp3) is 0.550. The minimum Gasteiger partial charge on any atom is -0.475 e. The number of alkyl halides is 3. The summed E-state index contributed by atoms with van der Waals surface area (Å²) in [5.41, 5.74) is 3.34. The predicted molar refractivity (Wildman–Crippen MR) is 101 cm³/mol. The standard InChI is InChI=1S/C18H23FN4O.C2HF3O2/c1-22-18-15(12-24-11-14-2-3-14)9-23(10-17(18)20-21-22)8-13-4-6-16(19)7-5-13;3-2(4,5)1(6)7/h4-7,14-15H,2-3,8-12H2,1H3;(H,6,7). The number of halogens is 4. The van der Waals surface area contributed by atoms with E-state index in [1.807, 2.05) is 23.9 Å². The molecule has 0 saturated heterocycles. The van der Waals surface area contributed by atoms with Crippen molar-refractivity contribution in [2.75, 3.05) is 19.8 Å². The zero-order valence-corrected chi connectivity index (χ0v) is 17.0. The van der Waals surface area contributed by atoms with Crippen molar-refractivity contribution in [2.24, 2.45) is 13.0 Å². The van der Waals surface area contributed by atoms with Crippen molar-refractivity contribution in [3.63, 3.8) is 0 Å². The van der Waals surface area contributed by atoms with Crippen molar-refractivity contribution in [3.8, 4) is 0 Å². The van der Waals surface area contributed by atoms with Gasteiger partial charge in [0.2, 0.25) is 0 Å². The highest BCUT2D eigenvalue weighted by atomic mass is 19.4. The maximum atomic E-state index is 13.1. The number of benzene rings is 1. The molecule has 170 valence electrons. The number of fused-ring (bicyclic) bond motifs is 1. The maximum Gasteiger partial charge on any atom is 0.490 e. The number of hydrogen-bond donors (Lipinski definition) is 1. The van der Waals surface area contributed by atoms with Crippen LogP contribution >= 0.6 is 0 Å². The summed E-state index contributed by atoms with van der Waals surface area (Å²) in [5.74, 6) is -1.89. The van der Waals surface area contributed by atoms with Gasteiger partial charge in [0.15, 0.2) is 0 Å². The lowest BCUT2D eigenvalue weighted by Gasteiger charge is -2.32.